The Kier molecular flexibility index (Phi) is 5.57. The predicted molar refractivity (Wildman–Crippen MR) is 87.1 cm³/mol. The first-order valence-corrected chi connectivity index (χ1v) is 7.23. The third-order valence-electron chi connectivity index (χ3n) is 3.07. The smallest absolute Gasteiger partial charge is 0.506 e. The molecule has 2 aromatic carbocycles. The zero-order chi connectivity index (χ0) is 18.4. The average molecular weight is 345 g/mol. The molecule has 0 aliphatic heterocycles. The molecule has 0 atom stereocenters. The molecule has 0 saturated heterocycles. The second-order valence-corrected chi connectivity index (χ2v) is 4.80. The van der Waals surface area contributed by atoms with Crippen molar-refractivity contribution in [3.05, 3.63) is 53.6 Å². The van der Waals surface area contributed by atoms with Gasteiger partial charge in [-0.25, -0.2) is 9.59 Å². The molecule has 0 aliphatic rings. The molecule has 3 N–H and O–H groups in total. The molecule has 0 saturated carbocycles. The number of hydrogen-bond acceptors (Lipinski definition) is 6. The molecule has 0 unspecified atom stereocenters. The van der Waals surface area contributed by atoms with E-state index in [4.69, 9.17) is 9.84 Å². The average Bonchev–Trinajstić information content (AvgIpc) is 2.57. The topological polar surface area (TPSA) is 122 Å². The monoisotopic (exact) mass is 345 g/mol. The van der Waals surface area contributed by atoms with E-state index < -0.39 is 18.0 Å². The van der Waals surface area contributed by atoms with E-state index in [1.807, 2.05) is 0 Å². The lowest BCUT2D eigenvalue weighted by Crippen LogP contribution is -2.13. The Bertz CT molecular complexity index is 799. The van der Waals surface area contributed by atoms with Crippen molar-refractivity contribution in [3.63, 3.8) is 0 Å². The summed E-state index contributed by atoms with van der Waals surface area (Å²) >= 11 is 0. The van der Waals surface area contributed by atoms with Crippen molar-refractivity contribution in [2.24, 2.45) is 0 Å². The van der Waals surface area contributed by atoms with Crippen molar-refractivity contribution >= 4 is 23.7 Å². The number of nitrogens with one attached hydrogen (secondary N) is 1. The molecule has 8 heteroatoms. The van der Waals surface area contributed by atoms with Gasteiger partial charge in [-0.1, -0.05) is 0 Å². The van der Waals surface area contributed by atoms with Gasteiger partial charge < -0.3 is 25.0 Å². The van der Waals surface area contributed by atoms with Crippen LogP contribution in [0.1, 0.15) is 27.6 Å². The van der Waals surface area contributed by atoms with Crippen LogP contribution in [0.2, 0.25) is 0 Å². The molecule has 0 bridgehead atoms. The third-order valence-corrected chi connectivity index (χ3v) is 3.07. The zero-order valence-corrected chi connectivity index (χ0v) is 13.2. The number of ether oxygens (including phenoxy) is 2. The van der Waals surface area contributed by atoms with Crippen molar-refractivity contribution in [2.45, 2.75) is 6.92 Å². The minimum atomic E-state index is -1.18. The van der Waals surface area contributed by atoms with Crippen LogP contribution in [-0.2, 0) is 4.74 Å². The quantitative estimate of drug-likeness (QED) is 0.432. The molecule has 0 spiro atoms. The summed E-state index contributed by atoms with van der Waals surface area (Å²) in [5.41, 5.74) is 0.111. The fraction of sp³-hybridized carbons (Fsp3) is 0.118. The first-order chi connectivity index (χ1) is 11.9. The third kappa shape index (κ3) is 4.71. The van der Waals surface area contributed by atoms with Crippen LogP contribution in [-0.4, -0.2) is 34.9 Å². The summed E-state index contributed by atoms with van der Waals surface area (Å²) in [6.07, 6.45) is -0.852. The van der Waals surface area contributed by atoms with Crippen molar-refractivity contribution in [1.29, 1.82) is 0 Å². The lowest BCUT2D eigenvalue weighted by Gasteiger charge is -2.09. The maximum atomic E-state index is 12.2. The number of benzene rings is 2. The van der Waals surface area contributed by atoms with Gasteiger partial charge in [0, 0.05) is 5.56 Å². The first kappa shape index (κ1) is 17.8. The number of rotatable bonds is 5. The highest BCUT2D eigenvalue weighted by Crippen LogP contribution is 2.25. The molecule has 1 amide bonds. The highest BCUT2D eigenvalue weighted by Gasteiger charge is 2.13. The minimum Gasteiger partial charge on any atom is -0.506 e. The Morgan fingerprint density at radius 2 is 1.68 bits per heavy atom. The van der Waals surface area contributed by atoms with Crippen molar-refractivity contribution < 1.29 is 34.1 Å². The number of carboxylic acids is 1. The van der Waals surface area contributed by atoms with E-state index in [2.05, 4.69) is 10.1 Å². The number of amides is 1. The van der Waals surface area contributed by atoms with Gasteiger partial charge in [0.25, 0.3) is 5.91 Å². The van der Waals surface area contributed by atoms with Crippen molar-refractivity contribution in [3.8, 4) is 11.5 Å². The van der Waals surface area contributed by atoms with Crippen LogP contribution in [0.3, 0.4) is 0 Å². The number of anilines is 1. The first-order valence-electron chi connectivity index (χ1n) is 7.23. The van der Waals surface area contributed by atoms with E-state index in [9.17, 15) is 19.5 Å². The Labute approximate surface area is 142 Å². The molecule has 0 aromatic heterocycles. The van der Waals surface area contributed by atoms with Gasteiger partial charge in [0.05, 0.1) is 17.9 Å². The Balaban J connectivity index is 2.10. The summed E-state index contributed by atoms with van der Waals surface area (Å²) in [5, 5.41) is 21.1. The van der Waals surface area contributed by atoms with Crippen LogP contribution >= 0.6 is 0 Å². The number of carbonyl (C=O) groups is 3. The second-order valence-electron chi connectivity index (χ2n) is 4.80. The van der Waals surface area contributed by atoms with E-state index in [1.54, 1.807) is 6.92 Å². The SMILES string of the molecule is CCOC(=O)Oc1ccc(C(=O)Nc2cc(C(=O)O)ccc2O)cc1. The van der Waals surface area contributed by atoms with Gasteiger partial charge in [-0.15, -0.1) is 0 Å². The molecule has 2 rings (SSSR count). The van der Waals surface area contributed by atoms with E-state index in [0.29, 0.717) is 0 Å². The van der Waals surface area contributed by atoms with Gasteiger partial charge in [0.2, 0.25) is 0 Å². The second kappa shape index (κ2) is 7.82. The summed E-state index contributed by atoms with van der Waals surface area (Å²) in [7, 11) is 0. The van der Waals surface area contributed by atoms with Crippen LogP contribution < -0.4 is 10.1 Å². The fourth-order valence-corrected chi connectivity index (χ4v) is 1.88. The van der Waals surface area contributed by atoms with Crippen LogP contribution in [0.4, 0.5) is 10.5 Å². The summed E-state index contributed by atoms with van der Waals surface area (Å²) in [5.74, 6) is -1.82. The summed E-state index contributed by atoms with van der Waals surface area (Å²) < 4.78 is 9.50. The number of aromatic hydroxyl groups is 1. The van der Waals surface area contributed by atoms with E-state index in [1.165, 1.54) is 36.4 Å². The van der Waals surface area contributed by atoms with Crippen LogP contribution in [0.25, 0.3) is 0 Å². The Hall–Kier alpha value is -3.55. The van der Waals surface area contributed by atoms with Gasteiger partial charge >= 0.3 is 12.1 Å². The highest BCUT2D eigenvalue weighted by atomic mass is 16.7. The summed E-state index contributed by atoms with van der Waals surface area (Å²) in [6.45, 7) is 1.82. The summed E-state index contributed by atoms with van der Waals surface area (Å²) in [6, 6.07) is 9.15. The molecular formula is C17H15NO7. The predicted octanol–water partition coefficient (Wildman–Crippen LogP) is 2.88. The molecular weight excluding hydrogens is 330 g/mol. The maximum Gasteiger partial charge on any atom is 0.513 e. The molecule has 130 valence electrons. The maximum absolute atomic E-state index is 12.2. The molecule has 0 heterocycles. The molecule has 8 nitrogen and oxygen atoms in total. The molecule has 25 heavy (non-hydrogen) atoms. The van der Waals surface area contributed by atoms with Crippen LogP contribution in [0.15, 0.2) is 42.5 Å². The van der Waals surface area contributed by atoms with Gasteiger partial charge in [-0.05, 0) is 49.4 Å². The number of carbonyl (C=O) groups excluding carboxylic acids is 2. The van der Waals surface area contributed by atoms with Gasteiger partial charge in [-0.2, -0.15) is 0 Å². The van der Waals surface area contributed by atoms with Crippen LogP contribution in [0.5, 0.6) is 11.5 Å². The minimum absolute atomic E-state index is 0.0308. The lowest BCUT2D eigenvalue weighted by atomic mass is 10.1. The molecule has 2 aromatic rings. The molecule has 0 radical (unpaired) electrons. The lowest BCUT2D eigenvalue weighted by molar-refractivity contribution is 0.0696. The number of aromatic carboxylic acids is 1. The highest BCUT2D eigenvalue weighted by molar-refractivity contribution is 6.05. The molecule has 0 aliphatic carbocycles. The number of phenolic OH excluding ortho intramolecular Hbond substituents is 1. The number of phenols is 1. The Morgan fingerprint density at radius 3 is 2.28 bits per heavy atom. The van der Waals surface area contributed by atoms with E-state index in [-0.39, 0.29) is 34.9 Å². The number of hydrogen-bond donors (Lipinski definition) is 3. The van der Waals surface area contributed by atoms with Gasteiger partial charge in [0.1, 0.15) is 11.5 Å². The van der Waals surface area contributed by atoms with E-state index in [0.717, 1.165) is 6.07 Å². The summed E-state index contributed by atoms with van der Waals surface area (Å²) in [4.78, 5) is 34.3. The normalized spacial score (nSPS) is 9.96. The van der Waals surface area contributed by atoms with Gasteiger partial charge in [-0.3, -0.25) is 4.79 Å². The number of carboxylic acid groups (broad SMARTS) is 1. The largest absolute Gasteiger partial charge is 0.513 e. The van der Waals surface area contributed by atoms with Gasteiger partial charge in [0.15, 0.2) is 0 Å². The standard InChI is InChI=1S/C17H15NO7/c1-2-24-17(23)25-12-6-3-10(4-7-12)15(20)18-13-9-11(16(21)22)5-8-14(13)19/h3-9,19H,2H2,1H3,(H,18,20)(H,21,22). The van der Waals surface area contributed by atoms with Crippen molar-refractivity contribution in [2.75, 3.05) is 11.9 Å². The van der Waals surface area contributed by atoms with Crippen LogP contribution in [0, 0.1) is 0 Å². The zero-order valence-electron chi connectivity index (χ0n) is 13.2. The molecule has 0 fully saturated rings. The Morgan fingerprint density at radius 1 is 1.04 bits per heavy atom. The van der Waals surface area contributed by atoms with E-state index >= 15 is 0 Å². The van der Waals surface area contributed by atoms with Crippen molar-refractivity contribution in [1.82, 2.24) is 0 Å². The fourth-order valence-electron chi connectivity index (χ4n) is 1.88.